The van der Waals surface area contributed by atoms with Crippen LogP contribution in [0.5, 0.6) is 0 Å². The SMILES string of the molecule is O=C(OC1C=C2CCC3C4CCCC4CCC3C2CC1)N1CCCNCC1. The van der Waals surface area contributed by atoms with Crippen molar-refractivity contribution in [1.29, 1.82) is 0 Å². The Balaban J connectivity index is 1.23. The zero-order chi connectivity index (χ0) is 18.2. The average molecular weight is 373 g/mol. The molecule has 0 aromatic rings. The van der Waals surface area contributed by atoms with Gasteiger partial charge in [-0.1, -0.05) is 18.4 Å². The molecule has 6 unspecified atom stereocenters. The van der Waals surface area contributed by atoms with Crippen LogP contribution in [0.15, 0.2) is 11.6 Å². The van der Waals surface area contributed by atoms with Gasteiger partial charge >= 0.3 is 6.09 Å². The topological polar surface area (TPSA) is 41.6 Å². The highest BCUT2D eigenvalue weighted by Gasteiger charge is 2.47. The maximum atomic E-state index is 12.6. The molecule has 27 heavy (non-hydrogen) atoms. The number of nitrogens with one attached hydrogen (secondary N) is 1. The van der Waals surface area contributed by atoms with Crippen LogP contribution in [-0.2, 0) is 4.74 Å². The number of hydrogen-bond acceptors (Lipinski definition) is 3. The van der Waals surface area contributed by atoms with Crippen molar-refractivity contribution in [2.45, 2.75) is 70.3 Å². The van der Waals surface area contributed by atoms with E-state index < -0.39 is 0 Å². The van der Waals surface area contributed by atoms with Gasteiger partial charge in [0.15, 0.2) is 0 Å². The van der Waals surface area contributed by atoms with Crippen molar-refractivity contribution in [3.63, 3.8) is 0 Å². The van der Waals surface area contributed by atoms with E-state index in [1.165, 1.54) is 51.4 Å². The molecule has 1 amide bonds. The lowest BCUT2D eigenvalue weighted by atomic mass is 9.56. The molecule has 1 N–H and O–H groups in total. The number of hydrogen-bond donors (Lipinski definition) is 1. The summed E-state index contributed by atoms with van der Waals surface area (Å²) in [4.78, 5) is 14.5. The molecule has 0 aromatic heterocycles. The first-order valence-corrected chi connectivity index (χ1v) is 11.7. The minimum Gasteiger partial charge on any atom is -0.442 e. The molecular weight excluding hydrogens is 336 g/mol. The Morgan fingerprint density at radius 1 is 0.926 bits per heavy atom. The molecule has 3 saturated carbocycles. The Labute approximate surface area is 164 Å². The van der Waals surface area contributed by atoms with Crippen LogP contribution in [0.1, 0.15) is 64.2 Å². The zero-order valence-corrected chi connectivity index (χ0v) is 16.7. The Morgan fingerprint density at radius 2 is 1.89 bits per heavy atom. The zero-order valence-electron chi connectivity index (χ0n) is 16.7. The van der Waals surface area contributed by atoms with Gasteiger partial charge in [-0.2, -0.15) is 0 Å². The molecule has 6 atom stereocenters. The van der Waals surface area contributed by atoms with E-state index >= 15 is 0 Å². The highest BCUT2D eigenvalue weighted by Crippen LogP contribution is 2.56. The Bertz CT molecular complexity index is 581. The number of rotatable bonds is 1. The molecule has 4 fully saturated rings. The molecule has 4 nitrogen and oxygen atoms in total. The molecule has 0 bridgehead atoms. The molecule has 150 valence electrons. The third kappa shape index (κ3) is 3.54. The van der Waals surface area contributed by atoms with Gasteiger partial charge in [-0.15, -0.1) is 0 Å². The first-order valence-electron chi connectivity index (χ1n) is 11.7. The Kier molecular flexibility index (Phi) is 5.19. The molecule has 1 aliphatic heterocycles. The summed E-state index contributed by atoms with van der Waals surface area (Å²) < 4.78 is 5.92. The van der Waals surface area contributed by atoms with Crippen LogP contribution in [0, 0.1) is 29.6 Å². The predicted octanol–water partition coefficient (Wildman–Crippen LogP) is 4.36. The van der Waals surface area contributed by atoms with Crippen LogP contribution in [0.2, 0.25) is 0 Å². The van der Waals surface area contributed by atoms with Gasteiger partial charge in [0, 0.05) is 19.6 Å². The second-order valence-electron chi connectivity index (χ2n) is 9.74. The van der Waals surface area contributed by atoms with Gasteiger partial charge in [0.2, 0.25) is 0 Å². The summed E-state index contributed by atoms with van der Waals surface area (Å²) in [5, 5.41) is 3.35. The van der Waals surface area contributed by atoms with Crippen molar-refractivity contribution in [2.75, 3.05) is 26.2 Å². The maximum absolute atomic E-state index is 12.6. The standard InChI is InChI=1S/C23H36N2O2/c26-23(25-13-2-11-24-12-14-25)27-18-7-10-20-17(15-18)6-9-21-19-4-1-3-16(19)5-8-22(20)21/h15-16,18-22,24H,1-14H2. The van der Waals surface area contributed by atoms with Gasteiger partial charge < -0.3 is 15.0 Å². The summed E-state index contributed by atoms with van der Waals surface area (Å²) in [6.45, 7) is 3.48. The fraction of sp³-hybridized carbons (Fsp3) is 0.870. The summed E-state index contributed by atoms with van der Waals surface area (Å²) in [7, 11) is 0. The largest absolute Gasteiger partial charge is 0.442 e. The van der Waals surface area contributed by atoms with Crippen molar-refractivity contribution < 1.29 is 9.53 Å². The molecule has 1 saturated heterocycles. The quantitative estimate of drug-likeness (QED) is 0.696. The first-order chi connectivity index (χ1) is 13.3. The minimum atomic E-state index is -0.0980. The van der Waals surface area contributed by atoms with Crippen LogP contribution in [0.3, 0.4) is 0 Å². The summed E-state index contributed by atoms with van der Waals surface area (Å²) >= 11 is 0. The van der Waals surface area contributed by atoms with Gasteiger partial charge in [0.25, 0.3) is 0 Å². The molecule has 0 aromatic carbocycles. The normalized spacial score (nSPS) is 41.6. The summed E-state index contributed by atoms with van der Waals surface area (Å²) in [6.07, 6.45) is 15.7. The summed E-state index contributed by atoms with van der Waals surface area (Å²) in [6, 6.07) is 0. The predicted molar refractivity (Wildman–Crippen MR) is 106 cm³/mol. The fourth-order valence-corrected chi connectivity index (χ4v) is 7.24. The number of amides is 1. The highest BCUT2D eigenvalue weighted by atomic mass is 16.6. The Hall–Kier alpha value is -1.03. The van der Waals surface area contributed by atoms with Crippen molar-refractivity contribution in [3.05, 3.63) is 11.6 Å². The molecule has 5 aliphatic rings. The van der Waals surface area contributed by atoms with Gasteiger partial charge in [0.05, 0.1) is 0 Å². The van der Waals surface area contributed by atoms with E-state index in [1.807, 2.05) is 4.90 Å². The van der Waals surface area contributed by atoms with E-state index in [4.69, 9.17) is 4.74 Å². The van der Waals surface area contributed by atoms with Gasteiger partial charge in [0.1, 0.15) is 6.10 Å². The van der Waals surface area contributed by atoms with Crippen molar-refractivity contribution >= 4 is 6.09 Å². The lowest BCUT2D eigenvalue weighted by molar-refractivity contribution is 0.0326. The smallest absolute Gasteiger partial charge is 0.410 e. The lowest BCUT2D eigenvalue weighted by Crippen LogP contribution is -2.42. The molecular formula is C23H36N2O2. The van der Waals surface area contributed by atoms with Crippen molar-refractivity contribution in [1.82, 2.24) is 10.2 Å². The summed E-state index contributed by atoms with van der Waals surface area (Å²) in [5.41, 5.74) is 1.63. The van der Waals surface area contributed by atoms with E-state index in [9.17, 15) is 4.79 Å². The van der Waals surface area contributed by atoms with E-state index in [0.29, 0.717) is 0 Å². The van der Waals surface area contributed by atoms with Crippen LogP contribution in [0.25, 0.3) is 0 Å². The highest BCUT2D eigenvalue weighted by molar-refractivity contribution is 5.68. The molecule has 5 rings (SSSR count). The fourth-order valence-electron chi connectivity index (χ4n) is 7.24. The van der Waals surface area contributed by atoms with E-state index in [2.05, 4.69) is 11.4 Å². The van der Waals surface area contributed by atoms with Crippen molar-refractivity contribution in [2.24, 2.45) is 29.6 Å². The van der Waals surface area contributed by atoms with Gasteiger partial charge in [-0.3, -0.25) is 0 Å². The minimum absolute atomic E-state index is 0.0133. The molecule has 1 heterocycles. The van der Waals surface area contributed by atoms with Crippen LogP contribution in [-0.4, -0.2) is 43.3 Å². The van der Waals surface area contributed by atoms with Crippen LogP contribution < -0.4 is 5.32 Å². The number of nitrogens with zero attached hydrogens (tertiary/aromatic N) is 1. The van der Waals surface area contributed by atoms with Gasteiger partial charge in [-0.05, 0) is 93.6 Å². The monoisotopic (exact) mass is 372 g/mol. The number of fused-ring (bicyclic) bond motifs is 5. The number of ether oxygens (including phenoxy) is 1. The summed E-state index contributed by atoms with van der Waals surface area (Å²) in [5.74, 6) is 4.81. The molecule has 4 heteroatoms. The molecule has 0 spiro atoms. The maximum Gasteiger partial charge on any atom is 0.410 e. The lowest BCUT2D eigenvalue weighted by Gasteiger charge is -2.49. The number of carbonyl (C=O) groups is 1. The number of allylic oxidation sites excluding steroid dienone is 1. The molecule has 4 aliphatic carbocycles. The first kappa shape index (κ1) is 18.0. The van der Waals surface area contributed by atoms with Crippen LogP contribution >= 0.6 is 0 Å². The third-order valence-corrected chi connectivity index (χ3v) is 8.46. The third-order valence-electron chi connectivity index (χ3n) is 8.46. The van der Waals surface area contributed by atoms with Crippen LogP contribution in [0.4, 0.5) is 4.79 Å². The second-order valence-corrected chi connectivity index (χ2v) is 9.74. The van der Waals surface area contributed by atoms with E-state index in [1.54, 1.807) is 5.57 Å². The van der Waals surface area contributed by atoms with E-state index in [0.717, 1.165) is 68.6 Å². The Morgan fingerprint density at radius 3 is 2.85 bits per heavy atom. The van der Waals surface area contributed by atoms with Gasteiger partial charge in [-0.25, -0.2) is 4.79 Å². The van der Waals surface area contributed by atoms with E-state index in [-0.39, 0.29) is 12.2 Å². The number of carbonyl (C=O) groups excluding carboxylic acids is 1. The van der Waals surface area contributed by atoms with Crippen molar-refractivity contribution in [3.8, 4) is 0 Å². The molecule has 0 radical (unpaired) electrons. The average Bonchev–Trinajstić information content (AvgIpc) is 3.01. The second kappa shape index (κ2) is 7.77.